The summed E-state index contributed by atoms with van der Waals surface area (Å²) in [6, 6.07) is 6.28. The fraction of sp³-hybridized carbons (Fsp3) is 0.417. The number of carbonyl (C=O) groups is 1. The van der Waals surface area contributed by atoms with Gasteiger partial charge in [0.25, 0.3) is 0 Å². The standard InChI is InChI=1S/C12H18N2O4S/c1-8(14-7-11(15)12(13)16)9-3-5-10(6-4-9)19(2,17)18/h3-6,8,11,14-15H,7H2,1-2H3,(H2,13,16). The number of hydrogen-bond donors (Lipinski definition) is 3. The molecule has 0 heterocycles. The van der Waals surface area contributed by atoms with E-state index in [4.69, 9.17) is 5.73 Å². The Kier molecular flexibility index (Phi) is 5.04. The molecule has 0 aliphatic heterocycles. The zero-order valence-electron chi connectivity index (χ0n) is 10.8. The summed E-state index contributed by atoms with van der Waals surface area (Å²) in [6.45, 7) is 1.88. The molecule has 19 heavy (non-hydrogen) atoms. The summed E-state index contributed by atoms with van der Waals surface area (Å²) in [6.07, 6.45) is -0.0925. The SMILES string of the molecule is CC(NCC(O)C(N)=O)c1ccc(S(C)(=O)=O)cc1. The van der Waals surface area contributed by atoms with E-state index in [2.05, 4.69) is 5.32 Å². The third-order valence-electron chi connectivity index (χ3n) is 2.75. The predicted molar refractivity (Wildman–Crippen MR) is 71.2 cm³/mol. The molecular weight excluding hydrogens is 268 g/mol. The maximum atomic E-state index is 11.3. The van der Waals surface area contributed by atoms with Gasteiger partial charge in [0.05, 0.1) is 4.90 Å². The van der Waals surface area contributed by atoms with E-state index in [-0.39, 0.29) is 17.5 Å². The van der Waals surface area contributed by atoms with Crippen molar-refractivity contribution in [1.82, 2.24) is 5.32 Å². The highest BCUT2D eigenvalue weighted by Gasteiger charge is 2.13. The molecule has 2 unspecified atom stereocenters. The van der Waals surface area contributed by atoms with Gasteiger partial charge in [-0.1, -0.05) is 12.1 Å². The van der Waals surface area contributed by atoms with Crippen LogP contribution in [0, 0.1) is 0 Å². The Morgan fingerprint density at radius 1 is 1.37 bits per heavy atom. The zero-order chi connectivity index (χ0) is 14.6. The van der Waals surface area contributed by atoms with E-state index in [9.17, 15) is 18.3 Å². The monoisotopic (exact) mass is 286 g/mol. The molecule has 0 spiro atoms. The van der Waals surface area contributed by atoms with E-state index >= 15 is 0 Å². The smallest absolute Gasteiger partial charge is 0.247 e. The number of aliphatic hydroxyl groups excluding tert-OH is 1. The molecule has 0 aliphatic rings. The molecule has 0 aromatic heterocycles. The molecule has 106 valence electrons. The van der Waals surface area contributed by atoms with Crippen molar-refractivity contribution in [3.63, 3.8) is 0 Å². The predicted octanol–water partition coefficient (Wildman–Crippen LogP) is -0.413. The van der Waals surface area contributed by atoms with Gasteiger partial charge in [-0.2, -0.15) is 0 Å². The van der Waals surface area contributed by atoms with E-state index in [0.29, 0.717) is 0 Å². The van der Waals surface area contributed by atoms with Crippen molar-refractivity contribution in [2.24, 2.45) is 5.73 Å². The fourth-order valence-corrected chi connectivity index (χ4v) is 2.14. The second kappa shape index (κ2) is 6.14. The van der Waals surface area contributed by atoms with E-state index in [1.165, 1.54) is 12.1 Å². The quantitative estimate of drug-likeness (QED) is 0.658. The number of sulfone groups is 1. The first-order valence-electron chi connectivity index (χ1n) is 5.72. The number of benzene rings is 1. The molecule has 4 N–H and O–H groups in total. The summed E-state index contributed by atoms with van der Waals surface area (Å²) in [7, 11) is -3.20. The first-order valence-corrected chi connectivity index (χ1v) is 7.61. The van der Waals surface area contributed by atoms with Gasteiger partial charge in [-0.25, -0.2) is 8.42 Å². The van der Waals surface area contributed by atoms with Crippen LogP contribution in [0.1, 0.15) is 18.5 Å². The maximum Gasteiger partial charge on any atom is 0.247 e. The summed E-state index contributed by atoms with van der Waals surface area (Å²) < 4.78 is 22.6. The third-order valence-corrected chi connectivity index (χ3v) is 3.88. The number of rotatable bonds is 6. The van der Waals surface area contributed by atoms with Gasteiger partial charge in [0.2, 0.25) is 5.91 Å². The molecule has 2 atom stereocenters. The lowest BCUT2D eigenvalue weighted by Gasteiger charge is -2.16. The molecule has 0 saturated carbocycles. The van der Waals surface area contributed by atoms with E-state index in [0.717, 1.165) is 11.8 Å². The fourth-order valence-electron chi connectivity index (χ4n) is 1.51. The lowest BCUT2D eigenvalue weighted by molar-refractivity contribution is -0.125. The molecule has 0 radical (unpaired) electrons. The van der Waals surface area contributed by atoms with Crippen molar-refractivity contribution in [3.8, 4) is 0 Å². The van der Waals surface area contributed by atoms with Gasteiger partial charge in [-0.15, -0.1) is 0 Å². The summed E-state index contributed by atoms with van der Waals surface area (Å²) in [5.41, 5.74) is 5.78. The Bertz CT molecular complexity index is 539. The van der Waals surface area contributed by atoms with Crippen molar-refractivity contribution < 1.29 is 18.3 Å². The molecule has 0 bridgehead atoms. The first kappa shape index (κ1) is 15.6. The number of aliphatic hydroxyl groups is 1. The normalized spacial score (nSPS) is 14.9. The van der Waals surface area contributed by atoms with Crippen LogP contribution in [0.3, 0.4) is 0 Å². The molecule has 0 aliphatic carbocycles. The number of nitrogens with one attached hydrogen (secondary N) is 1. The van der Waals surface area contributed by atoms with Crippen LogP contribution in [-0.4, -0.2) is 38.3 Å². The van der Waals surface area contributed by atoms with Crippen LogP contribution >= 0.6 is 0 Å². The lowest BCUT2D eigenvalue weighted by Crippen LogP contribution is -2.38. The van der Waals surface area contributed by atoms with Crippen molar-refractivity contribution in [1.29, 1.82) is 0 Å². The van der Waals surface area contributed by atoms with Gasteiger partial charge in [0.15, 0.2) is 9.84 Å². The molecule has 0 fully saturated rings. The second-order valence-electron chi connectivity index (χ2n) is 4.39. The van der Waals surface area contributed by atoms with Gasteiger partial charge in [-0.05, 0) is 24.6 Å². The first-order chi connectivity index (χ1) is 8.71. The molecule has 6 nitrogen and oxygen atoms in total. The number of hydrogen-bond acceptors (Lipinski definition) is 5. The van der Waals surface area contributed by atoms with Crippen LogP contribution in [0.2, 0.25) is 0 Å². The minimum absolute atomic E-state index is 0.0460. The minimum atomic E-state index is -3.20. The number of primary amides is 1. The maximum absolute atomic E-state index is 11.3. The largest absolute Gasteiger partial charge is 0.382 e. The van der Waals surface area contributed by atoms with Crippen LogP contribution in [0.15, 0.2) is 29.2 Å². The summed E-state index contributed by atoms with van der Waals surface area (Å²) in [4.78, 5) is 10.9. The summed E-state index contributed by atoms with van der Waals surface area (Å²) in [5, 5.41) is 12.2. The van der Waals surface area contributed by atoms with Gasteiger partial charge >= 0.3 is 0 Å². The molecule has 1 amide bonds. The van der Waals surface area contributed by atoms with Crippen LogP contribution in [0.5, 0.6) is 0 Å². The lowest BCUT2D eigenvalue weighted by atomic mass is 10.1. The van der Waals surface area contributed by atoms with Crippen LogP contribution in [-0.2, 0) is 14.6 Å². The van der Waals surface area contributed by atoms with Crippen molar-refractivity contribution in [2.45, 2.75) is 24.0 Å². The van der Waals surface area contributed by atoms with E-state index < -0.39 is 21.8 Å². The van der Waals surface area contributed by atoms with Crippen molar-refractivity contribution >= 4 is 15.7 Å². The Morgan fingerprint density at radius 3 is 2.32 bits per heavy atom. The van der Waals surface area contributed by atoms with Crippen LogP contribution < -0.4 is 11.1 Å². The Balaban J connectivity index is 2.68. The molecule has 0 saturated heterocycles. The summed E-state index contributed by atoms with van der Waals surface area (Å²) >= 11 is 0. The van der Waals surface area contributed by atoms with E-state index in [1.807, 2.05) is 6.92 Å². The Labute approximate surface area is 112 Å². The average molecular weight is 286 g/mol. The Morgan fingerprint density at radius 2 is 1.89 bits per heavy atom. The van der Waals surface area contributed by atoms with Crippen LogP contribution in [0.25, 0.3) is 0 Å². The number of nitrogens with two attached hydrogens (primary N) is 1. The number of amides is 1. The second-order valence-corrected chi connectivity index (χ2v) is 6.41. The zero-order valence-corrected chi connectivity index (χ0v) is 11.6. The Hall–Kier alpha value is -1.44. The third kappa shape index (κ3) is 4.62. The molecule has 1 aromatic carbocycles. The highest BCUT2D eigenvalue weighted by atomic mass is 32.2. The highest BCUT2D eigenvalue weighted by Crippen LogP contribution is 2.16. The van der Waals surface area contributed by atoms with Gasteiger partial charge < -0.3 is 16.2 Å². The van der Waals surface area contributed by atoms with Gasteiger partial charge in [0, 0.05) is 18.8 Å². The molecule has 7 heteroatoms. The molecule has 1 aromatic rings. The molecular formula is C12H18N2O4S. The van der Waals surface area contributed by atoms with Gasteiger partial charge in [0.1, 0.15) is 6.10 Å². The van der Waals surface area contributed by atoms with Gasteiger partial charge in [-0.3, -0.25) is 4.79 Å². The van der Waals surface area contributed by atoms with Crippen molar-refractivity contribution in [3.05, 3.63) is 29.8 Å². The summed E-state index contributed by atoms with van der Waals surface area (Å²) in [5.74, 6) is -0.785. The number of carbonyl (C=O) groups excluding carboxylic acids is 1. The molecule has 1 rings (SSSR count). The topological polar surface area (TPSA) is 109 Å². The average Bonchev–Trinajstić information content (AvgIpc) is 2.34. The van der Waals surface area contributed by atoms with Crippen molar-refractivity contribution in [2.75, 3.05) is 12.8 Å². The van der Waals surface area contributed by atoms with E-state index in [1.54, 1.807) is 12.1 Å². The minimum Gasteiger partial charge on any atom is -0.382 e. The highest BCUT2D eigenvalue weighted by molar-refractivity contribution is 7.90. The van der Waals surface area contributed by atoms with Crippen LogP contribution in [0.4, 0.5) is 0 Å².